The van der Waals surface area contributed by atoms with Gasteiger partial charge in [-0.05, 0) is 44.4 Å². The molecule has 0 aliphatic carbocycles. The summed E-state index contributed by atoms with van der Waals surface area (Å²) in [6.07, 6.45) is 5.41. The number of hydrogen-bond donors (Lipinski definition) is 1. The Labute approximate surface area is 111 Å². The molecule has 0 radical (unpaired) electrons. The summed E-state index contributed by atoms with van der Waals surface area (Å²) in [7, 11) is 0. The molecule has 18 heavy (non-hydrogen) atoms. The Hall–Kier alpha value is -1.09. The molecule has 2 N–H and O–H groups in total. The van der Waals surface area contributed by atoms with E-state index < -0.39 is 0 Å². The highest BCUT2D eigenvalue weighted by atomic mass is 15.2. The van der Waals surface area contributed by atoms with Gasteiger partial charge in [0.15, 0.2) is 0 Å². The fourth-order valence-corrected chi connectivity index (χ4v) is 1.98. The highest BCUT2D eigenvalue weighted by Gasteiger charge is 2.14. The molecule has 0 fully saturated rings. The zero-order valence-corrected chi connectivity index (χ0v) is 12.2. The Morgan fingerprint density at radius 1 is 1.33 bits per heavy atom. The Bertz CT molecular complexity index is 349. The van der Waals surface area contributed by atoms with E-state index in [9.17, 15) is 0 Å². The fraction of sp³-hybridized carbons (Fsp3) is 0.667. The van der Waals surface area contributed by atoms with Crippen LogP contribution in [-0.4, -0.2) is 17.6 Å². The third-order valence-corrected chi connectivity index (χ3v) is 3.47. The summed E-state index contributed by atoms with van der Waals surface area (Å²) >= 11 is 0. The summed E-state index contributed by atoms with van der Waals surface area (Å²) < 4.78 is 0. The lowest BCUT2D eigenvalue weighted by atomic mass is 10.1. The molecule has 2 atom stereocenters. The monoisotopic (exact) mass is 249 g/mol. The minimum atomic E-state index is 0.0664. The van der Waals surface area contributed by atoms with Crippen LogP contribution >= 0.6 is 0 Å². The van der Waals surface area contributed by atoms with Gasteiger partial charge in [-0.25, -0.2) is 4.98 Å². The molecule has 1 heterocycles. The number of pyridine rings is 1. The smallest absolute Gasteiger partial charge is 0.129 e. The third kappa shape index (κ3) is 3.98. The average Bonchev–Trinajstić information content (AvgIpc) is 2.39. The van der Waals surface area contributed by atoms with Gasteiger partial charge in [0.25, 0.3) is 0 Å². The van der Waals surface area contributed by atoms with E-state index >= 15 is 0 Å². The van der Waals surface area contributed by atoms with Crippen LogP contribution in [0.4, 0.5) is 5.82 Å². The number of nitrogens with two attached hydrogens (primary N) is 1. The van der Waals surface area contributed by atoms with Crippen molar-refractivity contribution in [1.29, 1.82) is 0 Å². The standard InChI is InChI=1S/C15H27N3/c1-5-7-10-18(12(3)6-2)15-11-14(13(4)16)8-9-17-15/h8-9,11-13H,5-7,10,16H2,1-4H3/t12?,13-/m1/s1. The molecular formula is C15H27N3. The van der Waals surface area contributed by atoms with Crippen molar-refractivity contribution >= 4 is 5.82 Å². The van der Waals surface area contributed by atoms with E-state index in [2.05, 4.69) is 36.7 Å². The first-order valence-corrected chi connectivity index (χ1v) is 7.08. The predicted molar refractivity (Wildman–Crippen MR) is 78.8 cm³/mol. The maximum Gasteiger partial charge on any atom is 0.129 e. The quantitative estimate of drug-likeness (QED) is 0.804. The predicted octanol–water partition coefficient (Wildman–Crippen LogP) is 3.51. The molecule has 0 saturated heterocycles. The molecule has 0 aliphatic heterocycles. The Morgan fingerprint density at radius 3 is 2.61 bits per heavy atom. The lowest BCUT2D eigenvalue weighted by Gasteiger charge is -2.30. The van der Waals surface area contributed by atoms with Crippen LogP contribution in [0.25, 0.3) is 0 Å². The zero-order chi connectivity index (χ0) is 13.5. The van der Waals surface area contributed by atoms with Crippen molar-refractivity contribution in [3.8, 4) is 0 Å². The molecule has 0 saturated carbocycles. The van der Waals surface area contributed by atoms with Crippen LogP contribution in [0.5, 0.6) is 0 Å². The fourth-order valence-electron chi connectivity index (χ4n) is 1.98. The second-order valence-corrected chi connectivity index (χ2v) is 5.04. The van der Waals surface area contributed by atoms with E-state index in [0.717, 1.165) is 24.3 Å². The maximum absolute atomic E-state index is 5.95. The van der Waals surface area contributed by atoms with E-state index in [1.165, 1.54) is 12.8 Å². The van der Waals surface area contributed by atoms with Crippen molar-refractivity contribution in [3.63, 3.8) is 0 Å². The van der Waals surface area contributed by atoms with E-state index in [1.54, 1.807) is 0 Å². The minimum absolute atomic E-state index is 0.0664. The van der Waals surface area contributed by atoms with Crippen LogP contribution in [0.15, 0.2) is 18.3 Å². The van der Waals surface area contributed by atoms with Gasteiger partial charge in [0.2, 0.25) is 0 Å². The summed E-state index contributed by atoms with van der Waals surface area (Å²) in [6.45, 7) is 9.79. The van der Waals surface area contributed by atoms with Crippen LogP contribution < -0.4 is 10.6 Å². The van der Waals surface area contributed by atoms with Crippen molar-refractivity contribution in [3.05, 3.63) is 23.9 Å². The molecule has 0 aliphatic rings. The van der Waals surface area contributed by atoms with Crippen molar-refractivity contribution in [1.82, 2.24) is 4.98 Å². The second-order valence-electron chi connectivity index (χ2n) is 5.04. The molecule has 1 aromatic rings. The molecule has 3 heteroatoms. The van der Waals surface area contributed by atoms with Crippen LogP contribution in [0.1, 0.15) is 58.6 Å². The van der Waals surface area contributed by atoms with Crippen LogP contribution in [0.2, 0.25) is 0 Å². The maximum atomic E-state index is 5.95. The molecule has 1 unspecified atom stereocenters. The summed E-state index contributed by atoms with van der Waals surface area (Å²) in [5.41, 5.74) is 7.10. The van der Waals surface area contributed by atoms with Crippen molar-refractivity contribution < 1.29 is 0 Å². The van der Waals surface area contributed by atoms with Crippen LogP contribution in [0.3, 0.4) is 0 Å². The minimum Gasteiger partial charge on any atom is -0.354 e. The van der Waals surface area contributed by atoms with Gasteiger partial charge in [-0.2, -0.15) is 0 Å². The third-order valence-electron chi connectivity index (χ3n) is 3.47. The molecule has 1 rings (SSSR count). The molecule has 102 valence electrons. The molecule has 3 nitrogen and oxygen atoms in total. The lowest BCUT2D eigenvalue weighted by molar-refractivity contribution is 0.589. The molecular weight excluding hydrogens is 222 g/mol. The Morgan fingerprint density at radius 2 is 2.06 bits per heavy atom. The van der Waals surface area contributed by atoms with Gasteiger partial charge in [-0.3, -0.25) is 0 Å². The van der Waals surface area contributed by atoms with Gasteiger partial charge < -0.3 is 10.6 Å². The largest absolute Gasteiger partial charge is 0.354 e. The zero-order valence-electron chi connectivity index (χ0n) is 12.2. The molecule has 0 spiro atoms. The summed E-state index contributed by atoms with van der Waals surface area (Å²) in [5.74, 6) is 1.06. The van der Waals surface area contributed by atoms with Gasteiger partial charge in [0.1, 0.15) is 5.82 Å². The molecule has 0 amide bonds. The number of unbranched alkanes of at least 4 members (excludes halogenated alkanes) is 1. The number of rotatable bonds is 7. The van der Waals surface area contributed by atoms with Gasteiger partial charge in [0.05, 0.1) is 0 Å². The van der Waals surface area contributed by atoms with Crippen molar-refractivity contribution in [2.24, 2.45) is 5.73 Å². The first kappa shape index (κ1) is 15.0. The molecule has 0 aromatic carbocycles. The van der Waals surface area contributed by atoms with Gasteiger partial charge in [-0.15, -0.1) is 0 Å². The van der Waals surface area contributed by atoms with Crippen LogP contribution in [0, 0.1) is 0 Å². The first-order valence-electron chi connectivity index (χ1n) is 7.08. The average molecular weight is 249 g/mol. The summed E-state index contributed by atoms with van der Waals surface area (Å²) in [6, 6.07) is 4.72. The van der Waals surface area contributed by atoms with Gasteiger partial charge in [0, 0.05) is 24.8 Å². The van der Waals surface area contributed by atoms with Crippen molar-refractivity contribution in [2.75, 3.05) is 11.4 Å². The van der Waals surface area contributed by atoms with E-state index in [-0.39, 0.29) is 6.04 Å². The van der Waals surface area contributed by atoms with Crippen LogP contribution in [-0.2, 0) is 0 Å². The SMILES string of the molecule is CCCCN(c1cc([C@@H](C)N)ccn1)C(C)CC. The lowest BCUT2D eigenvalue weighted by Crippen LogP contribution is -2.34. The summed E-state index contributed by atoms with van der Waals surface area (Å²) in [4.78, 5) is 6.91. The normalized spacial score (nSPS) is 14.3. The number of aromatic nitrogens is 1. The van der Waals surface area contributed by atoms with E-state index in [0.29, 0.717) is 6.04 Å². The Kier molecular flexibility index (Phi) is 6.13. The highest BCUT2D eigenvalue weighted by Crippen LogP contribution is 2.20. The summed E-state index contributed by atoms with van der Waals surface area (Å²) in [5, 5.41) is 0. The topological polar surface area (TPSA) is 42.1 Å². The number of nitrogens with zero attached hydrogens (tertiary/aromatic N) is 2. The Balaban J connectivity index is 2.93. The van der Waals surface area contributed by atoms with Crippen molar-refractivity contribution in [2.45, 2.75) is 59.0 Å². The number of hydrogen-bond acceptors (Lipinski definition) is 3. The first-order chi connectivity index (χ1) is 8.60. The molecule has 0 bridgehead atoms. The van der Waals surface area contributed by atoms with Gasteiger partial charge >= 0.3 is 0 Å². The molecule has 1 aromatic heterocycles. The van der Waals surface area contributed by atoms with Gasteiger partial charge in [-0.1, -0.05) is 20.3 Å². The van der Waals surface area contributed by atoms with E-state index in [1.807, 2.05) is 19.2 Å². The highest BCUT2D eigenvalue weighted by molar-refractivity contribution is 5.42. The van der Waals surface area contributed by atoms with E-state index in [4.69, 9.17) is 5.73 Å². The second kappa shape index (κ2) is 7.37. The number of anilines is 1.